The number of allylic oxidation sites excluding steroid dienone is 1. The zero-order valence-corrected chi connectivity index (χ0v) is 15.3. The molecule has 24 heavy (non-hydrogen) atoms. The van der Waals surface area contributed by atoms with Gasteiger partial charge in [0.15, 0.2) is 5.17 Å². The summed E-state index contributed by atoms with van der Waals surface area (Å²) in [5, 5.41) is 11.8. The van der Waals surface area contributed by atoms with Crippen LogP contribution in [0.25, 0.3) is 5.57 Å². The smallest absolute Gasteiger partial charge is 0.164 e. The van der Waals surface area contributed by atoms with E-state index in [1.54, 1.807) is 30.1 Å². The van der Waals surface area contributed by atoms with Gasteiger partial charge in [0, 0.05) is 35.1 Å². The number of hydrogen-bond acceptors (Lipinski definition) is 5. The van der Waals surface area contributed by atoms with E-state index < -0.39 is 0 Å². The van der Waals surface area contributed by atoms with Gasteiger partial charge in [-0.2, -0.15) is 0 Å². The maximum absolute atomic E-state index is 9.82. The third kappa shape index (κ3) is 3.12. The van der Waals surface area contributed by atoms with Crippen LogP contribution in [0.4, 0.5) is 0 Å². The normalized spacial score (nSPS) is 19.9. The molecule has 4 nitrogen and oxygen atoms in total. The lowest BCUT2D eigenvalue weighted by atomic mass is 10.0. The Morgan fingerprint density at radius 2 is 2.17 bits per heavy atom. The van der Waals surface area contributed by atoms with Crippen LogP contribution in [0.5, 0.6) is 0 Å². The summed E-state index contributed by atoms with van der Waals surface area (Å²) in [7, 11) is 1.79. The van der Waals surface area contributed by atoms with E-state index in [0.29, 0.717) is 5.57 Å². The number of aryl methyl sites for hydroxylation is 1. The second-order valence-electron chi connectivity index (χ2n) is 5.34. The predicted molar refractivity (Wildman–Crippen MR) is 103 cm³/mol. The fourth-order valence-corrected chi connectivity index (χ4v) is 4.83. The van der Waals surface area contributed by atoms with E-state index >= 15 is 0 Å². The van der Waals surface area contributed by atoms with Crippen molar-refractivity contribution in [2.45, 2.75) is 13.0 Å². The highest BCUT2D eigenvalue weighted by Crippen LogP contribution is 2.42. The molecule has 2 aromatic rings. The number of aliphatic imine (C=N–C) groups is 1. The number of aromatic nitrogens is 1. The number of thiazole rings is 1. The van der Waals surface area contributed by atoms with Crippen molar-refractivity contribution in [2.24, 2.45) is 4.99 Å². The largest absolute Gasteiger partial charge is 0.515 e. The van der Waals surface area contributed by atoms with Gasteiger partial charge in [-0.25, -0.2) is 4.98 Å². The van der Waals surface area contributed by atoms with Crippen molar-refractivity contribution in [3.05, 3.63) is 70.5 Å². The van der Waals surface area contributed by atoms with E-state index in [0.717, 1.165) is 33.5 Å². The molecule has 0 bridgehead atoms. The minimum atomic E-state index is 0.131. The summed E-state index contributed by atoms with van der Waals surface area (Å²) in [6, 6.07) is 9.91. The number of benzene rings is 1. The van der Waals surface area contributed by atoms with Crippen molar-refractivity contribution in [3.63, 3.8) is 0 Å². The SMILES string of the molecule is C=C(/C(=C/O)c1ccccc1)N1C(=NC)SCC1c1cnc(C)s1. The molecule has 2 heterocycles. The molecule has 1 aliphatic rings. The van der Waals surface area contributed by atoms with Gasteiger partial charge in [0.1, 0.15) is 0 Å². The van der Waals surface area contributed by atoms with Crippen LogP contribution in [0.1, 0.15) is 21.5 Å². The Hall–Kier alpha value is -2.05. The molecule has 1 N–H and O–H groups in total. The van der Waals surface area contributed by atoms with Gasteiger partial charge in [-0.05, 0) is 12.5 Å². The number of thioether (sulfide) groups is 1. The summed E-state index contributed by atoms with van der Waals surface area (Å²) in [6.45, 7) is 6.26. The molecule has 0 spiro atoms. The van der Waals surface area contributed by atoms with Crippen LogP contribution in [-0.4, -0.2) is 33.0 Å². The third-order valence-electron chi connectivity index (χ3n) is 3.86. The standard InChI is InChI=1S/C18H19N3OS2/c1-12(15(10-22)14-7-5-4-6-8-14)21-16(11-23-18(21)19-3)17-9-20-13(2)24-17/h4-10,16,22H,1,11H2,2-3H3/b15-10-,19-18?. The molecule has 0 saturated carbocycles. The molecule has 1 atom stereocenters. The molecule has 1 unspecified atom stereocenters. The Bertz CT molecular complexity index is 796. The summed E-state index contributed by atoms with van der Waals surface area (Å²) in [5.74, 6) is 0.890. The number of nitrogens with zero attached hydrogens (tertiary/aromatic N) is 3. The Morgan fingerprint density at radius 3 is 2.75 bits per heavy atom. The molecule has 6 heteroatoms. The molecular weight excluding hydrogens is 338 g/mol. The highest BCUT2D eigenvalue weighted by molar-refractivity contribution is 8.14. The fraction of sp³-hybridized carbons (Fsp3) is 0.222. The van der Waals surface area contributed by atoms with Crippen LogP contribution in [0, 0.1) is 6.92 Å². The fourth-order valence-electron chi connectivity index (χ4n) is 2.71. The van der Waals surface area contributed by atoms with Crippen molar-refractivity contribution in [1.82, 2.24) is 9.88 Å². The molecular formula is C18H19N3OS2. The van der Waals surface area contributed by atoms with E-state index in [1.807, 2.05) is 43.5 Å². The van der Waals surface area contributed by atoms with Gasteiger partial charge in [-0.1, -0.05) is 48.7 Å². The van der Waals surface area contributed by atoms with Crippen molar-refractivity contribution >= 4 is 33.8 Å². The van der Waals surface area contributed by atoms with E-state index in [2.05, 4.69) is 21.5 Å². The number of aliphatic hydroxyl groups excluding tert-OH is 1. The molecule has 3 rings (SSSR count). The molecule has 0 radical (unpaired) electrons. The summed E-state index contributed by atoms with van der Waals surface area (Å²) in [4.78, 5) is 12.1. The Labute approximate surface area is 150 Å². The molecule has 1 aromatic heterocycles. The topological polar surface area (TPSA) is 48.7 Å². The van der Waals surface area contributed by atoms with Crippen LogP contribution >= 0.6 is 23.1 Å². The Balaban J connectivity index is 1.98. The first-order chi connectivity index (χ1) is 11.7. The van der Waals surface area contributed by atoms with Crippen LogP contribution in [0.3, 0.4) is 0 Å². The van der Waals surface area contributed by atoms with E-state index in [4.69, 9.17) is 0 Å². The first-order valence-electron chi connectivity index (χ1n) is 7.56. The molecule has 124 valence electrons. The Morgan fingerprint density at radius 1 is 1.42 bits per heavy atom. The van der Waals surface area contributed by atoms with Gasteiger partial charge < -0.3 is 10.0 Å². The number of aliphatic hydroxyl groups is 1. The molecule has 0 amide bonds. The lowest BCUT2D eigenvalue weighted by Crippen LogP contribution is -2.27. The van der Waals surface area contributed by atoms with Crippen LogP contribution in [0.2, 0.25) is 0 Å². The van der Waals surface area contributed by atoms with Gasteiger partial charge >= 0.3 is 0 Å². The van der Waals surface area contributed by atoms with E-state index in [1.165, 1.54) is 4.88 Å². The first-order valence-corrected chi connectivity index (χ1v) is 9.36. The zero-order valence-electron chi connectivity index (χ0n) is 13.6. The molecule has 1 aromatic carbocycles. The van der Waals surface area contributed by atoms with Crippen LogP contribution < -0.4 is 0 Å². The average molecular weight is 358 g/mol. The number of amidine groups is 1. The van der Waals surface area contributed by atoms with Gasteiger partial charge in [0.2, 0.25) is 0 Å². The zero-order chi connectivity index (χ0) is 17.1. The van der Waals surface area contributed by atoms with Crippen LogP contribution in [0.15, 0.2) is 60.1 Å². The van der Waals surface area contributed by atoms with E-state index in [-0.39, 0.29) is 6.04 Å². The average Bonchev–Trinajstić information content (AvgIpc) is 3.22. The van der Waals surface area contributed by atoms with Gasteiger partial charge in [-0.3, -0.25) is 4.99 Å². The van der Waals surface area contributed by atoms with Gasteiger partial charge in [0.05, 0.1) is 17.3 Å². The molecule has 1 aliphatic heterocycles. The van der Waals surface area contributed by atoms with Gasteiger partial charge in [-0.15, -0.1) is 11.3 Å². The highest BCUT2D eigenvalue weighted by atomic mass is 32.2. The third-order valence-corrected chi connectivity index (χ3v) is 6.00. The number of hydrogen-bond donors (Lipinski definition) is 1. The quantitative estimate of drug-likeness (QED) is 0.640. The van der Waals surface area contributed by atoms with E-state index in [9.17, 15) is 5.11 Å². The summed E-state index contributed by atoms with van der Waals surface area (Å²) in [6.07, 6.45) is 3.05. The minimum Gasteiger partial charge on any atom is -0.515 e. The summed E-state index contributed by atoms with van der Waals surface area (Å²) < 4.78 is 0. The second-order valence-corrected chi connectivity index (χ2v) is 7.59. The summed E-state index contributed by atoms with van der Waals surface area (Å²) >= 11 is 3.39. The maximum Gasteiger partial charge on any atom is 0.164 e. The second kappa shape index (κ2) is 7.23. The lowest BCUT2D eigenvalue weighted by Gasteiger charge is -2.28. The van der Waals surface area contributed by atoms with Crippen molar-refractivity contribution in [2.75, 3.05) is 12.8 Å². The first kappa shape index (κ1) is 16.8. The summed E-state index contributed by atoms with van der Waals surface area (Å²) in [5.41, 5.74) is 2.37. The minimum absolute atomic E-state index is 0.131. The van der Waals surface area contributed by atoms with Crippen LogP contribution in [-0.2, 0) is 0 Å². The van der Waals surface area contributed by atoms with Crippen molar-refractivity contribution < 1.29 is 5.11 Å². The molecule has 1 fully saturated rings. The predicted octanol–water partition coefficient (Wildman–Crippen LogP) is 4.64. The molecule has 1 saturated heterocycles. The Kier molecular flexibility index (Phi) is 5.06. The van der Waals surface area contributed by atoms with Gasteiger partial charge in [0.25, 0.3) is 0 Å². The monoisotopic (exact) mass is 357 g/mol. The lowest BCUT2D eigenvalue weighted by molar-refractivity contribution is 0.447. The number of rotatable bonds is 4. The van der Waals surface area contributed by atoms with Crippen molar-refractivity contribution in [3.8, 4) is 0 Å². The highest BCUT2D eigenvalue weighted by Gasteiger charge is 2.35. The van der Waals surface area contributed by atoms with Crippen molar-refractivity contribution in [1.29, 1.82) is 0 Å². The maximum atomic E-state index is 9.82. The molecule has 0 aliphatic carbocycles.